The van der Waals surface area contributed by atoms with E-state index in [0.29, 0.717) is 5.56 Å². The number of hydrogen-bond donors (Lipinski definition) is 2. The highest BCUT2D eigenvalue weighted by Gasteiger charge is 2.07. The first-order valence-corrected chi connectivity index (χ1v) is 8.37. The van der Waals surface area contributed by atoms with E-state index >= 15 is 0 Å². The molecular formula is C20H21NO5. The molecule has 0 saturated heterocycles. The molecule has 0 aliphatic carbocycles. The molecule has 0 aliphatic rings. The van der Waals surface area contributed by atoms with Crippen LogP contribution >= 0.6 is 0 Å². The maximum absolute atomic E-state index is 12.1. The molecular weight excluding hydrogens is 334 g/mol. The van der Waals surface area contributed by atoms with Crippen molar-refractivity contribution in [3.05, 3.63) is 60.2 Å². The van der Waals surface area contributed by atoms with Gasteiger partial charge in [-0.15, -0.1) is 0 Å². The van der Waals surface area contributed by atoms with Gasteiger partial charge >= 0.3 is 11.9 Å². The van der Waals surface area contributed by atoms with E-state index in [9.17, 15) is 14.4 Å². The number of rotatable bonds is 9. The molecule has 0 heterocycles. The molecule has 0 unspecified atom stereocenters. The smallest absolute Gasteiger partial charge is 0.305 e. The lowest BCUT2D eigenvalue weighted by molar-refractivity contribution is -0.143. The van der Waals surface area contributed by atoms with Gasteiger partial charge in [-0.25, -0.2) is 0 Å². The molecule has 1 amide bonds. The molecule has 2 N–H and O–H groups in total. The first kappa shape index (κ1) is 19.2. The fraction of sp³-hybridized carbons (Fsp3) is 0.250. The average Bonchev–Trinajstić information content (AvgIpc) is 2.65. The quantitative estimate of drug-likeness (QED) is 0.533. The van der Waals surface area contributed by atoms with Gasteiger partial charge in [-0.1, -0.05) is 42.5 Å². The molecule has 0 radical (unpaired) electrons. The molecule has 0 aliphatic heterocycles. The van der Waals surface area contributed by atoms with Crippen LogP contribution in [0.2, 0.25) is 0 Å². The third kappa shape index (κ3) is 6.39. The Morgan fingerprint density at radius 3 is 2.19 bits per heavy atom. The summed E-state index contributed by atoms with van der Waals surface area (Å²) in [5.74, 6) is -1.65. The second-order valence-electron chi connectivity index (χ2n) is 5.67. The molecule has 136 valence electrons. The van der Waals surface area contributed by atoms with Crippen molar-refractivity contribution in [1.82, 2.24) is 5.32 Å². The average molecular weight is 355 g/mol. The van der Waals surface area contributed by atoms with E-state index in [4.69, 9.17) is 9.84 Å². The van der Waals surface area contributed by atoms with Gasteiger partial charge in [0.1, 0.15) is 6.61 Å². The number of amides is 1. The van der Waals surface area contributed by atoms with Crippen molar-refractivity contribution in [1.29, 1.82) is 0 Å². The van der Waals surface area contributed by atoms with Crippen LogP contribution in [0.15, 0.2) is 54.6 Å². The van der Waals surface area contributed by atoms with Crippen molar-refractivity contribution in [2.24, 2.45) is 0 Å². The summed E-state index contributed by atoms with van der Waals surface area (Å²) in [5.41, 5.74) is 2.63. The second kappa shape index (κ2) is 9.98. The standard InChI is InChI=1S/C20H21NO5/c22-18(23)7-4-8-19(24)26-14-13-21-20(25)17-11-9-16(10-12-17)15-5-2-1-3-6-15/h1-3,5-6,9-12H,4,7-8,13-14H2,(H,21,25)(H,22,23). The number of aliphatic carboxylic acids is 1. The molecule has 26 heavy (non-hydrogen) atoms. The fourth-order valence-electron chi connectivity index (χ4n) is 2.33. The molecule has 6 nitrogen and oxygen atoms in total. The van der Waals surface area contributed by atoms with Crippen LogP contribution in [0.3, 0.4) is 0 Å². The molecule has 2 rings (SSSR count). The summed E-state index contributed by atoms with van der Waals surface area (Å²) in [6.45, 7) is 0.254. The van der Waals surface area contributed by atoms with E-state index in [0.717, 1.165) is 11.1 Å². The van der Waals surface area contributed by atoms with E-state index in [-0.39, 0.29) is 38.3 Å². The highest BCUT2D eigenvalue weighted by atomic mass is 16.5. The molecule has 6 heteroatoms. The number of carboxylic acid groups (broad SMARTS) is 1. The summed E-state index contributed by atoms with van der Waals surface area (Å²) in [7, 11) is 0. The van der Waals surface area contributed by atoms with E-state index < -0.39 is 11.9 Å². The van der Waals surface area contributed by atoms with Crippen molar-refractivity contribution >= 4 is 17.8 Å². The summed E-state index contributed by atoms with van der Waals surface area (Å²) in [6.07, 6.45) is 0.236. The summed E-state index contributed by atoms with van der Waals surface area (Å²) in [6, 6.07) is 17.1. The lowest BCUT2D eigenvalue weighted by atomic mass is 10.0. The minimum Gasteiger partial charge on any atom is -0.481 e. The van der Waals surface area contributed by atoms with Crippen LogP contribution in [-0.2, 0) is 14.3 Å². The lowest BCUT2D eigenvalue weighted by Gasteiger charge is -2.07. The number of esters is 1. The molecule has 0 atom stereocenters. The van der Waals surface area contributed by atoms with Crippen LogP contribution in [0.1, 0.15) is 29.6 Å². The zero-order valence-corrected chi connectivity index (χ0v) is 14.3. The van der Waals surface area contributed by atoms with Crippen molar-refractivity contribution in [3.63, 3.8) is 0 Å². The Bertz CT molecular complexity index is 741. The van der Waals surface area contributed by atoms with Crippen molar-refractivity contribution < 1.29 is 24.2 Å². The first-order chi connectivity index (χ1) is 12.6. The highest BCUT2D eigenvalue weighted by molar-refractivity contribution is 5.94. The zero-order chi connectivity index (χ0) is 18.8. The van der Waals surface area contributed by atoms with Crippen molar-refractivity contribution in [3.8, 4) is 11.1 Å². The fourth-order valence-corrected chi connectivity index (χ4v) is 2.33. The summed E-state index contributed by atoms with van der Waals surface area (Å²) in [5, 5.41) is 11.2. The van der Waals surface area contributed by atoms with Gasteiger partial charge in [0, 0.05) is 18.4 Å². The lowest BCUT2D eigenvalue weighted by Crippen LogP contribution is -2.28. The Hall–Kier alpha value is -3.15. The number of carbonyl (C=O) groups is 3. The van der Waals surface area contributed by atoms with Gasteiger partial charge < -0.3 is 15.2 Å². The molecule has 0 bridgehead atoms. The molecule has 0 saturated carbocycles. The van der Waals surface area contributed by atoms with Crippen LogP contribution in [0, 0.1) is 0 Å². The number of hydrogen-bond acceptors (Lipinski definition) is 4. The Kier molecular flexibility index (Phi) is 7.36. The Balaban J connectivity index is 1.71. The first-order valence-electron chi connectivity index (χ1n) is 8.37. The minimum atomic E-state index is -0.941. The van der Waals surface area contributed by atoms with E-state index in [1.807, 2.05) is 42.5 Å². The molecule has 0 aromatic heterocycles. The van der Waals surface area contributed by atoms with E-state index in [2.05, 4.69) is 5.32 Å². The monoisotopic (exact) mass is 355 g/mol. The van der Waals surface area contributed by atoms with Crippen LogP contribution in [0.5, 0.6) is 0 Å². The third-order valence-electron chi connectivity index (χ3n) is 3.68. The summed E-state index contributed by atoms with van der Waals surface area (Å²) < 4.78 is 4.94. The normalized spacial score (nSPS) is 10.2. The Labute approximate surface area is 151 Å². The number of nitrogens with one attached hydrogen (secondary N) is 1. The number of benzene rings is 2. The SMILES string of the molecule is O=C(O)CCCC(=O)OCCNC(=O)c1ccc(-c2ccccc2)cc1. The van der Waals surface area contributed by atoms with Gasteiger partial charge in [0.15, 0.2) is 0 Å². The summed E-state index contributed by atoms with van der Waals surface area (Å²) in [4.78, 5) is 33.8. The van der Waals surface area contributed by atoms with Crippen LogP contribution in [-0.4, -0.2) is 36.1 Å². The predicted molar refractivity (Wildman–Crippen MR) is 96.7 cm³/mol. The topological polar surface area (TPSA) is 92.7 Å². The highest BCUT2D eigenvalue weighted by Crippen LogP contribution is 2.19. The minimum absolute atomic E-state index is 0.0553. The van der Waals surface area contributed by atoms with Gasteiger partial charge in [0.25, 0.3) is 5.91 Å². The number of carbonyl (C=O) groups excluding carboxylic acids is 2. The Morgan fingerprint density at radius 1 is 0.885 bits per heavy atom. The van der Waals surface area contributed by atoms with Crippen molar-refractivity contribution in [2.45, 2.75) is 19.3 Å². The van der Waals surface area contributed by atoms with Gasteiger partial charge in [-0.05, 0) is 29.7 Å². The molecule has 2 aromatic rings. The van der Waals surface area contributed by atoms with Gasteiger partial charge in [-0.2, -0.15) is 0 Å². The Morgan fingerprint density at radius 2 is 1.54 bits per heavy atom. The molecule has 2 aromatic carbocycles. The summed E-state index contributed by atoms with van der Waals surface area (Å²) >= 11 is 0. The van der Waals surface area contributed by atoms with Crippen LogP contribution in [0.25, 0.3) is 11.1 Å². The zero-order valence-electron chi connectivity index (χ0n) is 14.3. The van der Waals surface area contributed by atoms with E-state index in [1.54, 1.807) is 12.1 Å². The van der Waals surface area contributed by atoms with Crippen LogP contribution < -0.4 is 5.32 Å². The molecule has 0 spiro atoms. The maximum Gasteiger partial charge on any atom is 0.305 e. The van der Waals surface area contributed by atoms with Gasteiger partial charge in [0.05, 0.1) is 6.54 Å². The van der Waals surface area contributed by atoms with E-state index in [1.165, 1.54) is 0 Å². The maximum atomic E-state index is 12.1. The predicted octanol–water partition coefficient (Wildman–Crippen LogP) is 2.88. The molecule has 0 fully saturated rings. The second-order valence-corrected chi connectivity index (χ2v) is 5.67. The van der Waals surface area contributed by atoms with Crippen LogP contribution in [0.4, 0.5) is 0 Å². The van der Waals surface area contributed by atoms with Gasteiger partial charge in [0.2, 0.25) is 0 Å². The number of ether oxygens (including phenoxy) is 1. The largest absolute Gasteiger partial charge is 0.481 e. The van der Waals surface area contributed by atoms with Crippen molar-refractivity contribution in [2.75, 3.05) is 13.2 Å². The van der Waals surface area contributed by atoms with Gasteiger partial charge in [-0.3, -0.25) is 14.4 Å². The third-order valence-corrected chi connectivity index (χ3v) is 3.68. The number of carboxylic acids is 1.